The van der Waals surface area contributed by atoms with Crippen LogP contribution in [0.4, 0.5) is 13.6 Å². The largest absolute Gasteiger partial charge is 0.415 e. The number of halogens is 2. The van der Waals surface area contributed by atoms with Crippen LogP contribution in [0.25, 0.3) is 0 Å². The maximum atomic E-state index is 13.3. The van der Waals surface area contributed by atoms with Crippen LogP contribution < -0.4 is 5.73 Å². The molecule has 7 heteroatoms. The maximum absolute atomic E-state index is 13.3. The van der Waals surface area contributed by atoms with Crippen molar-refractivity contribution in [2.24, 2.45) is 5.73 Å². The van der Waals surface area contributed by atoms with E-state index in [2.05, 4.69) is 6.58 Å². The van der Waals surface area contributed by atoms with Gasteiger partial charge in [-0.25, -0.2) is 13.6 Å². The lowest BCUT2D eigenvalue weighted by atomic mass is 10.1. The van der Waals surface area contributed by atoms with Crippen molar-refractivity contribution in [3.8, 4) is 0 Å². The van der Waals surface area contributed by atoms with E-state index in [0.29, 0.717) is 12.0 Å². The highest BCUT2D eigenvalue weighted by Gasteiger charge is 2.20. The van der Waals surface area contributed by atoms with Crippen LogP contribution in [0.5, 0.6) is 0 Å². The molecule has 0 saturated carbocycles. The van der Waals surface area contributed by atoms with Crippen molar-refractivity contribution in [2.45, 2.75) is 25.9 Å². The van der Waals surface area contributed by atoms with E-state index in [1.54, 1.807) is 19.1 Å². The highest BCUT2D eigenvalue weighted by molar-refractivity contribution is 5.69. The Labute approximate surface area is 158 Å². The van der Waals surface area contributed by atoms with Crippen LogP contribution in [0.3, 0.4) is 0 Å². The standard InChI is InChI=1S/C20H26F2N2O3/c1-3-5-19(6-4-2)27-20(26)24(14-18(25)7-9-23)10-8-15-11-16(21)13-17(22)12-15/h3-6,11-13,18,25H,1,7-10,14,23H2,2H3/b6-4-,19-5+. The molecule has 0 radical (unpaired) electrons. The summed E-state index contributed by atoms with van der Waals surface area (Å²) in [6, 6.07) is 3.18. The molecule has 5 nitrogen and oxygen atoms in total. The smallest absolute Gasteiger partial charge is 0.410 e. The number of hydrogen-bond acceptors (Lipinski definition) is 4. The summed E-state index contributed by atoms with van der Waals surface area (Å²) < 4.78 is 32.0. The van der Waals surface area contributed by atoms with Gasteiger partial charge in [0.15, 0.2) is 0 Å². The number of carbonyl (C=O) groups is 1. The van der Waals surface area contributed by atoms with Crippen molar-refractivity contribution in [3.63, 3.8) is 0 Å². The number of nitrogens with zero attached hydrogens (tertiary/aromatic N) is 1. The van der Waals surface area contributed by atoms with E-state index in [1.807, 2.05) is 0 Å². The molecule has 1 amide bonds. The van der Waals surface area contributed by atoms with Crippen LogP contribution in [-0.2, 0) is 11.2 Å². The summed E-state index contributed by atoms with van der Waals surface area (Å²) in [4.78, 5) is 13.8. The third-order valence-electron chi connectivity index (χ3n) is 3.60. The number of carbonyl (C=O) groups excluding carboxylic acids is 1. The lowest BCUT2D eigenvalue weighted by Gasteiger charge is -2.25. The number of benzene rings is 1. The van der Waals surface area contributed by atoms with Gasteiger partial charge in [0.1, 0.15) is 17.4 Å². The number of hydrogen-bond donors (Lipinski definition) is 2. The first-order valence-electron chi connectivity index (χ1n) is 8.64. The van der Waals surface area contributed by atoms with Crippen molar-refractivity contribution in [3.05, 3.63) is 72.0 Å². The molecule has 1 unspecified atom stereocenters. The summed E-state index contributed by atoms with van der Waals surface area (Å²) in [7, 11) is 0. The fourth-order valence-electron chi connectivity index (χ4n) is 2.38. The first kappa shape index (κ1) is 22.5. The van der Waals surface area contributed by atoms with Gasteiger partial charge in [0, 0.05) is 19.2 Å². The topological polar surface area (TPSA) is 75.8 Å². The predicted octanol–water partition coefficient (Wildman–Crippen LogP) is 3.30. The second-order valence-corrected chi connectivity index (χ2v) is 5.88. The van der Waals surface area contributed by atoms with Crippen molar-refractivity contribution in [2.75, 3.05) is 19.6 Å². The zero-order valence-corrected chi connectivity index (χ0v) is 15.4. The summed E-state index contributed by atoms with van der Waals surface area (Å²) in [5.41, 5.74) is 5.83. The van der Waals surface area contributed by atoms with Crippen LogP contribution in [0.15, 0.2) is 54.8 Å². The molecule has 1 rings (SSSR count). The maximum Gasteiger partial charge on any atom is 0.415 e. The van der Waals surface area contributed by atoms with Gasteiger partial charge in [-0.15, -0.1) is 0 Å². The van der Waals surface area contributed by atoms with Gasteiger partial charge in [-0.2, -0.15) is 0 Å². The highest BCUT2D eigenvalue weighted by atomic mass is 19.1. The number of amides is 1. The van der Waals surface area contributed by atoms with E-state index in [4.69, 9.17) is 10.5 Å². The lowest BCUT2D eigenvalue weighted by molar-refractivity contribution is 0.0872. The third kappa shape index (κ3) is 8.61. The number of aliphatic hydroxyl groups is 1. The van der Waals surface area contributed by atoms with Gasteiger partial charge in [-0.3, -0.25) is 0 Å². The van der Waals surface area contributed by atoms with Gasteiger partial charge in [0.25, 0.3) is 0 Å². The Balaban J connectivity index is 2.89. The number of rotatable bonds is 10. The van der Waals surface area contributed by atoms with E-state index < -0.39 is 23.8 Å². The Morgan fingerprint density at radius 2 is 2.04 bits per heavy atom. The molecule has 0 aliphatic carbocycles. The molecule has 0 spiro atoms. The normalized spacial score (nSPS) is 12.9. The summed E-state index contributed by atoms with van der Waals surface area (Å²) in [5.74, 6) is -1.09. The fourth-order valence-corrected chi connectivity index (χ4v) is 2.38. The molecule has 0 aliphatic rings. The van der Waals surface area contributed by atoms with Crippen LogP contribution in [0.1, 0.15) is 18.9 Å². The predicted molar refractivity (Wildman–Crippen MR) is 101 cm³/mol. The Morgan fingerprint density at radius 1 is 1.37 bits per heavy atom. The second-order valence-electron chi connectivity index (χ2n) is 5.88. The summed E-state index contributed by atoms with van der Waals surface area (Å²) in [6.07, 6.45) is 5.28. The minimum Gasteiger partial charge on any atom is -0.410 e. The fraction of sp³-hybridized carbons (Fsp3) is 0.350. The third-order valence-corrected chi connectivity index (χ3v) is 3.60. The van der Waals surface area contributed by atoms with E-state index in [1.165, 1.54) is 29.2 Å². The van der Waals surface area contributed by atoms with Gasteiger partial charge in [0.2, 0.25) is 0 Å². The highest BCUT2D eigenvalue weighted by Crippen LogP contribution is 2.12. The van der Waals surface area contributed by atoms with Crippen LogP contribution in [0, 0.1) is 11.6 Å². The Bertz CT molecular complexity index is 670. The summed E-state index contributed by atoms with van der Waals surface area (Å²) in [6.45, 7) is 5.70. The number of nitrogens with two attached hydrogens (primary N) is 1. The van der Waals surface area contributed by atoms with E-state index in [0.717, 1.165) is 6.07 Å². The SMILES string of the molecule is C=C/C=C(\C=C/C)OC(=O)N(CCc1cc(F)cc(F)c1)CC(O)CCN. The molecule has 0 heterocycles. The first-order valence-corrected chi connectivity index (χ1v) is 8.64. The molecule has 0 saturated heterocycles. The molecular formula is C20H26F2N2O3. The molecule has 0 bridgehead atoms. The lowest BCUT2D eigenvalue weighted by Crippen LogP contribution is -2.39. The van der Waals surface area contributed by atoms with Crippen molar-refractivity contribution >= 4 is 6.09 Å². The van der Waals surface area contributed by atoms with Crippen molar-refractivity contribution in [1.29, 1.82) is 0 Å². The zero-order chi connectivity index (χ0) is 20.2. The molecule has 148 valence electrons. The second kappa shape index (κ2) is 12.0. The van der Waals surface area contributed by atoms with E-state index in [9.17, 15) is 18.7 Å². The monoisotopic (exact) mass is 380 g/mol. The van der Waals surface area contributed by atoms with E-state index >= 15 is 0 Å². The first-order chi connectivity index (χ1) is 12.9. The zero-order valence-electron chi connectivity index (χ0n) is 15.4. The van der Waals surface area contributed by atoms with E-state index in [-0.39, 0.29) is 31.8 Å². The molecular weight excluding hydrogens is 354 g/mol. The molecule has 1 aromatic carbocycles. The number of allylic oxidation sites excluding steroid dienone is 4. The van der Waals surface area contributed by atoms with Crippen LogP contribution in [-0.4, -0.2) is 41.8 Å². The molecule has 1 aromatic rings. The van der Waals surface area contributed by atoms with Crippen LogP contribution >= 0.6 is 0 Å². The van der Waals surface area contributed by atoms with Gasteiger partial charge in [-0.05, 0) is 56.2 Å². The Kier molecular flexibility index (Phi) is 10.00. The van der Waals surface area contributed by atoms with Gasteiger partial charge >= 0.3 is 6.09 Å². The Hall–Kier alpha value is -2.51. The van der Waals surface area contributed by atoms with Gasteiger partial charge in [0.05, 0.1) is 6.10 Å². The molecule has 0 aromatic heterocycles. The Morgan fingerprint density at radius 3 is 2.59 bits per heavy atom. The van der Waals surface area contributed by atoms with Crippen LogP contribution in [0.2, 0.25) is 0 Å². The minimum absolute atomic E-state index is 0.00889. The molecule has 27 heavy (non-hydrogen) atoms. The van der Waals surface area contributed by atoms with Crippen molar-refractivity contribution in [1.82, 2.24) is 4.90 Å². The molecule has 0 fully saturated rings. The number of aliphatic hydroxyl groups excluding tert-OH is 1. The molecule has 3 N–H and O–H groups in total. The minimum atomic E-state index is -0.833. The van der Waals surface area contributed by atoms with Gasteiger partial charge in [-0.1, -0.05) is 18.7 Å². The molecule has 0 aliphatic heterocycles. The average molecular weight is 380 g/mol. The van der Waals surface area contributed by atoms with Crippen molar-refractivity contribution < 1.29 is 23.4 Å². The average Bonchev–Trinajstić information content (AvgIpc) is 2.58. The number of ether oxygens (including phenoxy) is 1. The summed E-state index contributed by atoms with van der Waals surface area (Å²) >= 11 is 0. The molecule has 1 atom stereocenters. The van der Waals surface area contributed by atoms with Gasteiger partial charge < -0.3 is 20.5 Å². The quantitative estimate of drug-likeness (QED) is 0.482. The summed E-state index contributed by atoms with van der Waals surface area (Å²) in [5, 5.41) is 10.0.